The third kappa shape index (κ3) is 4.17. The van der Waals surface area contributed by atoms with Crippen LogP contribution in [0.2, 0.25) is 0 Å². The number of nitrogens with one attached hydrogen (secondary N) is 2. The highest BCUT2D eigenvalue weighted by Gasteiger charge is 2.07. The predicted octanol–water partition coefficient (Wildman–Crippen LogP) is 1.52. The number of nitrogens with zero attached hydrogens (tertiary/aromatic N) is 5. The maximum absolute atomic E-state index is 12.0. The summed E-state index contributed by atoms with van der Waals surface area (Å²) in [5, 5.41) is 6.05. The quantitative estimate of drug-likeness (QED) is 0.662. The number of aromatic nitrogens is 5. The van der Waals surface area contributed by atoms with E-state index in [9.17, 15) is 4.79 Å². The average molecular weight is 337 g/mol. The van der Waals surface area contributed by atoms with Crippen LogP contribution in [0.5, 0.6) is 0 Å². The lowest BCUT2D eigenvalue weighted by Crippen LogP contribution is -2.29. The summed E-state index contributed by atoms with van der Waals surface area (Å²) in [4.78, 5) is 28.9. The molecule has 0 radical (unpaired) electrons. The maximum Gasteiger partial charge on any atom is 0.251 e. The van der Waals surface area contributed by atoms with Crippen molar-refractivity contribution in [2.24, 2.45) is 0 Å². The topological polar surface area (TPSA) is 97.6 Å². The molecule has 0 saturated heterocycles. The van der Waals surface area contributed by atoms with Crippen LogP contribution < -0.4 is 10.6 Å². The zero-order valence-electron chi connectivity index (χ0n) is 14.1. The average Bonchev–Trinajstić information content (AvgIpc) is 3.05. The maximum atomic E-state index is 12.0. The Balaban J connectivity index is 1.58. The fraction of sp³-hybridized carbons (Fsp3) is 0.235. The summed E-state index contributed by atoms with van der Waals surface area (Å²) in [7, 11) is 0. The minimum absolute atomic E-state index is 0.127. The largest absolute Gasteiger partial charge is 0.368 e. The van der Waals surface area contributed by atoms with Crippen molar-refractivity contribution in [3.8, 4) is 5.82 Å². The first-order valence-corrected chi connectivity index (χ1v) is 7.91. The molecule has 0 aliphatic heterocycles. The number of anilines is 1. The number of aryl methyl sites for hydroxylation is 2. The number of pyridine rings is 1. The Hall–Kier alpha value is -3.29. The monoisotopic (exact) mass is 337 g/mol. The molecule has 3 rings (SSSR count). The number of hydrogen-bond donors (Lipinski definition) is 2. The van der Waals surface area contributed by atoms with E-state index in [0.717, 1.165) is 11.6 Å². The Morgan fingerprint density at radius 1 is 1.12 bits per heavy atom. The molecule has 0 spiro atoms. The highest BCUT2D eigenvalue weighted by atomic mass is 16.1. The van der Waals surface area contributed by atoms with Gasteiger partial charge >= 0.3 is 0 Å². The van der Waals surface area contributed by atoms with Gasteiger partial charge in [-0.25, -0.2) is 15.0 Å². The second kappa shape index (κ2) is 7.52. The van der Waals surface area contributed by atoms with Gasteiger partial charge in [-0.2, -0.15) is 0 Å². The van der Waals surface area contributed by atoms with Gasteiger partial charge in [-0.05, 0) is 26.0 Å². The van der Waals surface area contributed by atoms with Crippen LogP contribution in [0.4, 0.5) is 5.82 Å². The van der Waals surface area contributed by atoms with E-state index in [1.54, 1.807) is 30.7 Å². The first-order chi connectivity index (χ1) is 12.1. The minimum Gasteiger partial charge on any atom is -0.368 e. The van der Waals surface area contributed by atoms with E-state index in [4.69, 9.17) is 0 Å². The van der Waals surface area contributed by atoms with Crippen LogP contribution in [0.3, 0.4) is 0 Å². The van der Waals surface area contributed by atoms with E-state index in [-0.39, 0.29) is 5.91 Å². The molecule has 2 N–H and O–H groups in total. The lowest BCUT2D eigenvalue weighted by atomic mass is 10.2. The Labute approximate surface area is 145 Å². The lowest BCUT2D eigenvalue weighted by molar-refractivity contribution is 0.0955. The summed E-state index contributed by atoms with van der Waals surface area (Å²) in [5.41, 5.74) is 0.589. The Kier molecular flexibility index (Phi) is 4.98. The first-order valence-electron chi connectivity index (χ1n) is 7.91. The zero-order valence-corrected chi connectivity index (χ0v) is 14.1. The van der Waals surface area contributed by atoms with Crippen molar-refractivity contribution in [2.45, 2.75) is 13.8 Å². The van der Waals surface area contributed by atoms with Gasteiger partial charge in [0.25, 0.3) is 5.91 Å². The van der Waals surface area contributed by atoms with Gasteiger partial charge in [-0.1, -0.05) is 0 Å². The van der Waals surface area contributed by atoms with Crippen molar-refractivity contribution in [2.75, 3.05) is 18.4 Å². The molecule has 25 heavy (non-hydrogen) atoms. The standard InChI is InChI=1S/C17H19N7O/c1-12-22-15(11-16(23-12)24-10-9-19-13(24)2)20-7-8-21-17(25)14-3-5-18-6-4-14/h3-6,9-11H,7-8H2,1-2H3,(H,21,25)(H,20,22,23). The van der Waals surface area contributed by atoms with E-state index >= 15 is 0 Å². The lowest BCUT2D eigenvalue weighted by Gasteiger charge is -2.10. The summed E-state index contributed by atoms with van der Waals surface area (Å²) in [6.45, 7) is 4.78. The molecule has 3 aromatic heterocycles. The molecule has 0 aromatic carbocycles. The van der Waals surface area contributed by atoms with E-state index in [0.29, 0.717) is 30.3 Å². The van der Waals surface area contributed by atoms with Crippen molar-refractivity contribution in [3.63, 3.8) is 0 Å². The third-order valence-electron chi connectivity index (χ3n) is 3.56. The van der Waals surface area contributed by atoms with Crippen LogP contribution >= 0.6 is 0 Å². The SMILES string of the molecule is Cc1nc(NCCNC(=O)c2ccncc2)cc(-n2ccnc2C)n1. The second-order valence-electron chi connectivity index (χ2n) is 5.42. The Morgan fingerprint density at radius 2 is 1.92 bits per heavy atom. The number of rotatable bonds is 6. The molecule has 3 aromatic rings. The van der Waals surface area contributed by atoms with Crippen LogP contribution in [-0.2, 0) is 0 Å². The molecule has 8 heteroatoms. The molecule has 0 unspecified atom stereocenters. The summed E-state index contributed by atoms with van der Waals surface area (Å²) >= 11 is 0. The Bertz CT molecular complexity index is 860. The molecule has 128 valence electrons. The second-order valence-corrected chi connectivity index (χ2v) is 5.42. The number of amides is 1. The fourth-order valence-corrected chi connectivity index (χ4v) is 2.36. The molecule has 0 aliphatic carbocycles. The summed E-state index contributed by atoms with van der Waals surface area (Å²) < 4.78 is 1.89. The van der Waals surface area contributed by atoms with E-state index in [1.807, 2.05) is 30.7 Å². The zero-order chi connectivity index (χ0) is 17.6. The van der Waals surface area contributed by atoms with Gasteiger partial charge in [0.2, 0.25) is 0 Å². The van der Waals surface area contributed by atoms with Gasteiger partial charge in [0.05, 0.1) is 0 Å². The van der Waals surface area contributed by atoms with Crippen LogP contribution in [0.25, 0.3) is 5.82 Å². The van der Waals surface area contributed by atoms with Crippen molar-refractivity contribution >= 4 is 11.7 Å². The van der Waals surface area contributed by atoms with Gasteiger partial charge in [-0.15, -0.1) is 0 Å². The smallest absolute Gasteiger partial charge is 0.251 e. The normalized spacial score (nSPS) is 10.5. The molecular formula is C17H19N7O. The molecule has 0 aliphatic rings. The van der Waals surface area contributed by atoms with Gasteiger partial charge in [0.1, 0.15) is 23.3 Å². The summed E-state index contributed by atoms with van der Waals surface area (Å²) in [6.07, 6.45) is 6.78. The molecular weight excluding hydrogens is 318 g/mol. The molecule has 3 heterocycles. The predicted molar refractivity (Wildman–Crippen MR) is 93.7 cm³/mol. The van der Waals surface area contributed by atoms with Gasteiger partial charge in [0, 0.05) is 49.5 Å². The summed E-state index contributed by atoms with van der Waals surface area (Å²) in [6, 6.07) is 5.21. The minimum atomic E-state index is -0.127. The van der Waals surface area contributed by atoms with Gasteiger partial charge < -0.3 is 10.6 Å². The third-order valence-corrected chi connectivity index (χ3v) is 3.56. The van der Waals surface area contributed by atoms with Crippen LogP contribution in [0.15, 0.2) is 43.0 Å². The first kappa shape index (κ1) is 16.6. The number of hydrogen-bond acceptors (Lipinski definition) is 6. The highest BCUT2D eigenvalue weighted by Crippen LogP contribution is 2.12. The van der Waals surface area contributed by atoms with Crippen LogP contribution in [0, 0.1) is 13.8 Å². The van der Waals surface area contributed by atoms with E-state index in [2.05, 4.69) is 30.6 Å². The van der Waals surface area contributed by atoms with Crippen molar-refractivity contribution in [3.05, 3.63) is 60.2 Å². The van der Waals surface area contributed by atoms with Gasteiger partial charge in [-0.3, -0.25) is 14.3 Å². The molecule has 0 fully saturated rings. The fourth-order valence-electron chi connectivity index (χ4n) is 2.36. The molecule has 0 saturated carbocycles. The van der Waals surface area contributed by atoms with Crippen molar-refractivity contribution < 1.29 is 4.79 Å². The molecule has 1 amide bonds. The number of carbonyl (C=O) groups excluding carboxylic acids is 1. The molecule has 0 atom stereocenters. The van der Waals surface area contributed by atoms with Crippen LogP contribution in [-0.4, -0.2) is 43.5 Å². The Morgan fingerprint density at radius 3 is 2.64 bits per heavy atom. The van der Waals surface area contributed by atoms with Crippen molar-refractivity contribution in [1.82, 2.24) is 29.8 Å². The summed E-state index contributed by atoms with van der Waals surface area (Å²) in [5.74, 6) is 2.85. The number of imidazole rings is 1. The van der Waals surface area contributed by atoms with Gasteiger partial charge in [0.15, 0.2) is 0 Å². The van der Waals surface area contributed by atoms with E-state index < -0.39 is 0 Å². The molecule has 0 bridgehead atoms. The van der Waals surface area contributed by atoms with E-state index in [1.165, 1.54) is 0 Å². The highest BCUT2D eigenvalue weighted by molar-refractivity contribution is 5.93. The number of carbonyl (C=O) groups is 1. The molecule has 8 nitrogen and oxygen atoms in total. The van der Waals surface area contributed by atoms with Crippen LogP contribution in [0.1, 0.15) is 22.0 Å². The van der Waals surface area contributed by atoms with Crippen molar-refractivity contribution in [1.29, 1.82) is 0 Å².